The molecule has 140 valence electrons. The van der Waals surface area contributed by atoms with E-state index in [0.717, 1.165) is 5.56 Å². The van der Waals surface area contributed by atoms with Crippen molar-refractivity contribution in [2.75, 3.05) is 17.1 Å². The van der Waals surface area contributed by atoms with Crippen LogP contribution in [0.5, 0.6) is 0 Å². The molecule has 1 aliphatic heterocycles. The molecule has 1 amide bonds. The number of fused-ring (bicyclic) bond motifs is 1. The molecule has 0 aliphatic carbocycles. The minimum absolute atomic E-state index is 0.129. The Labute approximate surface area is 155 Å². The van der Waals surface area contributed by atoms with Crippen LogP contribution in [0.25, 0.3) is 11.5 Å². The van der Waals surface area contributed by atoms with Gasteiger partial charge in [-0.2, -0.15) is 0 Å². The molecule has 0 saturated heterocycles. The van der Waals surface area contributed by atoms with Gasteiger partial charge in [-0.05, 0) is 30.2 Å². The van der Waals surface area contributed by atoms with E-state index in [1.807, 2.05) is 12.1 Å². The second kappa shape index (κ2) is 6.58. The SMILES string of the molecule is CS(=O)(=O)N1CCC(NC(=O)c2cc(-c3ccco3)on2)c2ccccc21. The third-order valence-electron chi connectivity index (χ3n) is 4.41. The van der Waals surface area contributed by atoms with Crippen molar-refractivity contribution in [2.24, 2.45) is 0 Å². The maximum Gasteiger partial charge on any atom is 0.273 e. The predicted molar refractivity (Wildman–Crippen MR) is 97.7 cm³/mol. The summed E-state index contributed by atoms with van der Waals surface area (Å²) < 4.78 is 35.8. The topological polar surface area (TPSA) is 106 Å². The molecule has 9 heteroatoms. The highest BCUT2D eigenvalue weighted by Crippen LogP contribution is 2.35. The highest BCUT2D eigenvalue weighted by Gasteiger charge is 2.31. The maximum atomic E-state index is 12.6. The Morgan fingerprint density at radius 2 is 2.04 bits per heavy atom. The van der Waals surface area contributed by atoms with E-state index in [1.54, 1.807) is 24.3 Å². The van der Waals surface area contributed by atoms with E-state index >= 15 is 0 Å². The van der Waals surface area contributed by atoms with Gasteiger partial charge in [0.25, 0.3) is 5.91 Å². The normalized spacial score (nSPS) is 16.8. The molecule has 8 nitrogen and oxygen atoms in total. The summed E-state index contributed by atoms with van der Waals surface area (Å²) in [5.74, 6) is 0.440. The highest BCUT2D eigenvalue weighted by molar-refractivity contribution is 7.92. The third kappa shape index (κ3) is 3.33. The van der Waals surface area contributed by atoms with Gasteiger partial charge in [-0.1, -0.05) is 23.4 Å². The molecule has 2 aromatic heterocycles. The number of carbonyl (C=O) groups is 1. The zero-order valence-corrected chi connectivity index (χ0v) is 15.3. The summed E-state index contributed by atoms with van der Waals surface area (Å²) in [5.41, 5.74) is 1.45. The van der Waals surface area contributed by atoms with Gasteiger partial charge in [-0.3, -0.25) is 9.10 Å². The second-order valence-electron chi connectivity index (χ2n) is 6.26. The van der Waals surface area contributed by atoms with Crippen molar-refractivity contribution >= 4 is 21.6 Å². The molecule has 0 bridgehead atoms. The summed E-state index contributed by atoms with van der Waals surface area (Å²) in [6, 6.07) is 11.7. The molecule has 3 heterocycles. The Morgan fingerprint density at radius 1 is 1.22 bits per heavy atom. The molecular weight excluding hydrogens is 370 g/mol. The summed E-state index contributed by atoms with van der Waals surface area (Å²) in [6.07, 6.45) is 3.14. The molecule has 0 saturated carbocycles. The van der Waals surface area contributed by atoms with Crippen LogP contribution in [-0.4, -0.2) is 32.3 Å². The summed E-state index contributed by atoms with van der Waals surface area (Å²) in [5, 5.41) is 6.70. The zero-order chi connectivity index (χ0) is 19.0. The lowest BCUT2D eigenvalue weighted by Crippen LogP contribution is -2.40. The molecule has 1 unspecified atom stereocenters. The highest BCUT2D eigenvalue weighted by atomic mass is 32.2. The van der Waals surface area contributed by atoms with E-state index in [9.17, 15) is 13.2 Å². The molecule has 1 aromatic carbocycles. The number of furan rings is 1. The van der Waals surface area contributed by atoms with E-state index in [-0.39, 0.29) is 18.3 Å². The van der Waals surface area contributed by atoms with E-state index in [2.05, 4.69) is 10.5 Å². The van der Waals surface area contributed by atoms with Crippen LogP contribution in [-0.2, 0) is 10.0 Å². The predicted octanol–water partition coefficient (Wildman–Crippen LogP) is 2.58. The first-order valence-corrected chi connectivity index (χ1v) is 10.2. The lowest BCUT2D eigenvalue weighted by atomic mass is 9.98. The van der Waals surface area contributed by atoms with E-state index in [0.29, 0.717) is 23.6 Å². The van der Waals surface area contributed by atoms with Gasteiger partial charge in [0.05, 0.1) is 24.2 Å². The number of hydrogen-bond acceptors (Lipinski definition) is 6. The van der Waals surface area contributed by atoms with Gasteiger partial charge in [0.2, 0.25) is 15.8 Å². The van der Waals surface area contributed by atoms with Crippen molar-refractivity contribution < 1.29 is 22.2 Å². The third-order valence-corrected chi connectivity index (χ3v) is 5.59. The Morgan fingerprint density at radius 3 is 2.78 bits per heavy atom. The number of aromatic nitrogens is 1. The molecule has 1 atom stereocenters. The average molecular weight is 387 g/mol. The minimum atomic E-state index is -3.38. The summed E-state index contributed by atoms with van der Waals surface area (Å²) in [6.45, 7) is 0.289. The molecular formula is C18H17N3O5S. The molecule has 3 aromatic rings. The smallest absolute Gasteiger partial charge is 0.273 e. The number of amides is 1. The van der Waals surface area contributed by atoms with Crippen molar-refractivity contribution in [3.63, 3.8) is 0 Å². The number of anilines is 1. The lowest BCUT2D eigenvalue weighted by Gasteiger charge is -2.34. The second-order valence-corrected chi connectivity index (χ2v) is 8.17. The van der Waals surface area contributed by atoms with Gasteiger partial charge in [0.1, 0.15) is 0 Å². The van der Waals surface area contributed by atoms with Gasteiger partial charge in [-0.15, -0.1) is 0 Å². The van der Waals surface area contributed by atoms with Gasteiger partial charge < -0.3 is 14.3 Å². The number of benzene rings is 1. The fourth-order valence-corrected chi connectivity index (χ4v) is 4.14. The molecule has 27 heavy (non-hydrogen) atoms. The first kappa shape index (κ1) is 17.3. The first-order valence-electron chi connectivity index (χ1n) is 8.31. The fraction of sp³-hybridized carbons (Fsp3) is 0.222. The van der Waals surface area contributed by atoms with Gasteiger partial charge in [-0.25, -0.2) is 8.42 Å². The zero-order valence-electron chi connectivity index (χ0n) is 14.5. The van der Waals surface area contributed by atoms with Crippen molar-refractivity contribution in [2.45, 2.75) is 12.5 Å². The van der Waals surface area contributed by atoms with Crippen molar-refractivity contribution in [3.05, 3.63) is 60.0 Å². The van der Waals surface area contributed by atoms with Crippen LogP contribution in [0.1, 0.15) is 28.5 Å². The minimum Gasteiger partial charge on any atom is -0.461 e. The number of rotatable bonds is 4. The number of hydrogen-bond donors (Lipinski definition) is 1. The molecule has 0 fully saturated rings. The maximum absolute atomic E-state index is 12.6. The number of carbonyl (C=O) groups excluding carboxylic acids is 1. The Hall–Kier alpha value is -3.07. The number of para-hydroxylation sites is 1. The standard InChI is InChI=1S/C18H17N3O5S/c1-27(23,24)21-9-8-13(12-5-2-3-6-15(12)21)19-18(22)14-11-17(26-20-14)16-7-4-10-25-16/h2-7,10-11,13H,8-9H2,1H3,(H,19,22). The van der Waals surface area contributed by atoms with Crippen molar-refractivity contribution in [1.29, 1.82) is 0 Å². The quantitative estimate of drug-likeness (QED) is 0.738. The fourth-order valence-electron chi connectivity index (χ4n) is 3.18. The molecule has 0 spiro atoms. The first-order chi connectivity index (χ1) is 12.9. The number of sulfonamides is 1. The van der Waals surface area contributed by atoms with Crippen molar-refractivity contribution in [3.8, 4) is 11.5 Å². The van der Waals surface area contributed by atoms with Crippen LogP contribution in [0.2, 0.25) is 0 Å². The Balaban J connectivity index is 1.57. The van der Waals surface area contributed by atoms with E-state index < -0.39 is 15.9 Å². The van der Waals surface area contributed by atoms with Crippen LogP contribution < -0.4 is 9.62 Å². The van der Waals surface area contributed by atoms with Gasteiger partial charge >= 0.3 is 0 Å². The van der Waals surface area contributed by atoms with Crippen LogP contribution in [0.3, 0.4) is 0 Å². The summed E-state index contributed by atoms with van der Waals surface area (Å²) >= 11 is 0. The molecule has 0 radical (unpaired) electrons. The molecule has 1 aliphatic rings. The number of nitrogens with one attached hydrogen (secondary N) is 1. The van der Waals surface area contributed by atoms with Crippen LogP contribution >= 0.6 is 0 Å². The summed E-state index contributed by atoms with van der Waals surface area (Å²) in [4.78, 5) is 12.6. The van der Waals surface area contributed by atoms with Crippen LogP contribution in [0.4, 0.5) is 5.69 Å². The van der Waals surface area contributed by atoms with E-state index in [1.165, 1.54) is 22.9 Å². The lowest BCUT2D eigenvalue weighted by molar-refractivity contribution is 0.0925. The van der Waals surface area contributed by atoms with Gasteiger partial charge in [0.15, 0.2) is 11.5 Å². The van der Waals surface area contributed by atoms with Gasteiger partial charge in [0, 0.05) is 12.6 Å². The Bertz CT molecular complexity index is 1070. The number of nitrogens with zero attached hydrogens (tertiary/aromatic N) is 2. The Kier molecular flexibility index (Phi) is 4.23. The largest absolute Gasteiger partial charge is 0.461 e. The van der Waals surface area contributed by atoms with Crippen LogP contribution in [0, 0.1) is 0 Å². The van der Waals surface area contributed by atoms with Crippen LogP contribution in [0.15, 0.2) is 57.7 Å². The molecule has 1 N–H and O–H groups in total. The molecule has 4 rings (SSSR count). The summed E-state index contributed by atoms with van der Waals surface area (Å²) in [7, 11) is -3.38. The average Bonchev–Trinajstić information content (AvgIpc) is 3.32. The monoisotopic (exact) mass is 387 g/mol. The van der Waals surface area contributed by atoms with E-state index in [4.69, 9.17) is 8.94 Å². The van der Waals surface area contributed by atoms with Crippen molar-refractivity contribution in [1.82, 2.24) is 10.5 Å².